The molecule has 19 heavy (non-hydrogen) atoms. The molecule has 0 amide bonds. The Bertz CT molecular complexity index is 366. The average molecular weight is 284 g/mol. The van der Waals surface area contributed by atoms with Gasteiger partial charge in [-0.15, -0.1) is 0 Å². The van der Waals surface area contributed by atoms with E-state index < -0.39 is 0 Å². The number of aromatic nitrogens is 3. The lowest BCUT2D eigenvalue weighted by molar-refractivity contribution is 0.288. The van der Waals surface area contributed by atoms with Crippen LogP contribution < -0.4 is 10.1 Å². The summed E-state index contributed by atoms with van der Waals surface area (Å²) in [6, 6.07) is 0.405. The van der Waals surface area contributed by atoms with Crippen LogP contribution in [0.3, 0.4) is 0 Å². The molecule has 5 nitrogen and oxygen atoms in total. The minimum Gasteiger partial charge on any atom is -0.463 e. The van der Waals surface area contributed by atoms with E-state index in [1.54, 1.807) is 11.8 Å². The molecular weight excluding hydrogens is 260 g/mol. The van der Waals surface area contributed by atoms with E-state index in [0.717, 1.165) is 19.4 Å². The van der Waals surface area contributed by atoms with Gasteiger partial charge in [-0.25, -0.2) is 0 Å². The van der Waals surface area contributed by atoms with Crippen molar-refractivity contribution in [3.8, 4) is 6.01 Å². The van der Waals surface area contributed by atoms with Gasteiger partial charge in [0.25, 0.3) is 0 Å². The first kappa shape index (κ1) is 16.0. The van der Waals surface area contributed by atoms with Crippen molar-refractivity contribution in [2.45, 2.75) is 57.4 Å². The van der Waals surface area contributed by atoms with Crippen LogP contribution in [0, 0.1) is 0 Å². The molecule has 0 saturated heterocycles. The molecule has 0 aliphatic carbocycles. The minimum atomic E-state index is 0.0609. The fourth-order valence-corrected chi connectivity index (χ4v) is 2.03. The number of hydrogen-bond acceptors (Lipinski definition) is 6. The van der Waals surface area contributed by atoms with Gasteiger partial charge >= 0.3 is 6.01 Å². The second-order valence-corrected chi connectivity index (χ2v) is 7.01. The highest BCUT2D eigenvalue weighted by Crippen LogP contribution is 2.30. The third kappa shape index (κ3) is 6.61. The van der Waals surface area contributed by atoms with E-state index in [0.29, 0.717) is 23.7 Å². The van der Waals surface area contributed by atoms with Crippen LogP contribution in [0.1, 0.15) is 47.5 Å². The van der Waals surface area contributed by atoms with E-state index in [9.17, 15) is 0 Å². The number of anilines is 1. The van der Waals surface area contributed by atoms with Crippen molar-refractivity contribution < 1.29 is 4.74 Å². The summed E-state index contributed by atoms with van der Waals surface area (Å²) in [5, 5.41) is 3.88. The fraction of sp³-hybridized carbons (Fsp3) is 0.769. The number of nitrogens with one attached hydrogen (secondary N) is 1. The van der Waals surface area contributed by atoms with E-state index in [-0.39, 0.29) is 4.75 Å². The van der Waals surface area contributed by atoms with Crippen LogP contribution >= 0.6 is 11.8 Å². The number of hydrogen-bond donors (Lipinski definition) is 1. The molecule has 0 aliphatic rings. The lowest BCUT2D eigenvalue weighted by Crippen LogP contribution is -2.12. The van der Waals surface area contributed by atoms with Gasteiger partial charge in [0.05, 0.1) is 6.61 Å². The highest BCUT2D eigenvalue weighted by molar-refractivity contribution is 8.00. The molecule has 0 unspecified atom stereocenters. The third-order valence-electron chi connectivity index (χ3n) is 1.96. The lowest BCUT2D eigenvalue weighted by Gasteiger charge is -2.16. The zero-order valence-electron chi connectivity index (χ0n) is 12.5. The predicted molar refractivity (Wildman–Crippen MR) is 80.0 cm³/mol. The molecular formula is C13H24N4OS. The van der Waals surface area contributed by atoms with Crippen LogP contribution in [-0.4, -0.2) is 32.9 Å². The van der Waals surface area contributed by atoms with E-state index in [1.807, 2.05) is 0 Å². The summed E-state index contributed by atoms with van der Waals surface area (Å²) in [5.41, 5.74) is 0. The molecule has 0 aromatic carbocycles. The summed E-state index contributed by atoms with van der Waals surface area (Å²) in [7, 11) is 0. The Morgan fingerprint density at radius 1 is 1.11 bits per heavy atom. The molecule has 0 fully saturated rings. The van der Waals surface area contributed by atoms with Crippen LogP contribution in [0.4, 0.5) is 5.95 Å². The van der Waals surface area contributed by atoms with Gasteiger partial charge < -0.3 is 10.1 Å². The summed E-state index contributed by atoms with van der Waals surface area (Å²) in [4.78, 5) is 13.0. The Balaban J connectivity index is 2.88. The summed E-state index contributed by atoms with van der Waals surface area (Å²) in [6.07, 6.45) is 1.96. The second-order valence-electron chi connectivity index (χ2n) is 5.21. The summed E-state index contributed by atoms with van der Waals surface area (Å²) in [5.74, 6) is 0.592. The molecule has 108 valence electrons. The van der Waals surface area contributed by atoms with E-state index in [4.69, 9.17) is 4.74 Å². The molecule has 1 aromatic heterocycles. The van der Waals surface area contributed by atoms with Crippen molar-refractivity contribution in [1.82, 2.24) is 15.0 Å². The molecule has 1 rings (SSSR count). The maximum Gasteiger partial charge on any atom is 0.322 e. The summed E-state index contributed by atoms with van der Waals surface area (Å²) < 4.78 is 5.58. The molecule has 0 aliphatic heterocycles. The lowest BCUT2D eigenvalue weighted by atomic mass is 10.3. The molecule has 0 radical (unpaired) electrons. The zero-order chi connectivity index (χ0) is 14.3. The van der Waals surface area contributed by atoms with E-state index >= 15 is 0 Å². The molecule has 6 heteroatoms. The predicted octanol–water partition coefficient (Wildman–Crippen LogP) is 3.37. The zero-order valence-corrected chi connectivity index (χ0v) is 13.3. The Morgan fingerprint density at radius 3 is 2.42 bits per heavy atom. The number of ether oxygens (including phenoxy) is 1. The van der Waals surface area contributed by atoms with Gasteiger partial charge in [0, 0.05) is 11.3 Å². The quantitative estimate of drug-likeness (QED) is 0.775. The van der Waals surface area contributed by atoms with Crippen LogP contribution in [-0.2, 0) is 0 Å². The van der Waals surface area contributed by atoms with Crippen LogP contribution in [0.15, 0.2) is 5.16 Å². The van der Waals surface area contributed by atoms with Crippen molar-refractivity contribution in [2.75, 3.05) is 18.5 Å². The molecule has 0 bridgehead atoms. The molecule has 0 saturated carbocycles. The van der Waals surface area contributed by atoms with Gasteiger partial charge in [0.15, 0.2) is 5.16 Å². The smallest absolute Gasteiger partial charge is 0.322 e. The normalized spacial score (nSPS) is 11.4. The third-order valence-corrected chi connectivity index (χ3v) is 2.94. The Kier molecular flexibility index (Phi) is 6.34. The minimum absolute atomic E-state index is 0.0609. The van der Waals surface area contributed by atoms with Gasteiger partial charge in [-0.3, -0.25) is 0 Å². The number of nitrogens with zero attached hydrogens (tertiary/aromatic N) is 3. The highest BCUT2D eigenvalue weighted by atomic mass is 32.2. The van der Waals surface area contributed by atoms with Gasteiger partial charge in [-0.05, 0) is 12.8 Å². The first-order valence-electron chi connectivity index (χ1n) is 6.76. The summed E-state index contributed by atoms with van der Waals surface area (Å²) in [6.45, 7) is 12.0. The van der Waals surface area contributed by atoms with Gasteiger partial charge in [-0.1, -0.05) is 46.4 Å². The first-order valence-corrected chi connectivity index (χ1v) is 7.58. The van der Waals surface area contributed by atoms with E-state index in [2.05, 4.69) is 54.9 Å². The monoisotopic (exact) mass is 284 g/mol. The molecule has 0 atom stereocenters. The van der Waals surface area contributed by atoms with Gasteiger partial charge in [0.2, 0.25) is 5.95 Å². The topological polar surface area (TPSA) is 59.9 Å². The molecule has 1 N–H and O–H groups in total. The number of thioether (sulfide) groups is 1. The second kappa shape index (κ2) is 7.53. The average Bonchev–Trinajstić information content (AvgIpc) is 2.31. The van der Waals surface area contributed by atoms with Crippen LogP contribution in [0.2, 0.25) is 0 Å². The largest absolute Gasteiger partial charge is 0.463 e. The van der Waals surface area contributed by atoms with Crippen molar-refractivity contribution in [1.29, 1.82) is 0 Å². The van der Waals surface area contributed by atoms with Crippen LogP contribution in [0.25, 0.3) is 0 Å². The first-order chi connectivity index (χ1) is 8.94. The Labute approximate surface area is 120 Å². The molecule has 1 aromatic rings. The van der Waals surface area contributed by atoms with Crippen molar-refractivity contribution in [2.24, 2.45) is 0 Å². The van der Waals surface area contributed by atoms with Gasteiger partial charge in [0.1, 0.15) is 0 Å². The fourth-order valence-electron chi connectivity index (χ4n) is 1.23. The SMILES string of the molecule is CCCNc1nc(OCCC)nc(SC(C)(C)C)n1. The Hall–Kier alpha value is -1.04. The van der Waals surface area contributed by atoms with Crippen molar-refractivity contribution in [3.05, 3.63) is 0 Å². The van der Waals surface area contributed by atoms with Crippen LogP contribution in [0.5, 0.6) is 6.01 Å². The van der Waals surface area contributed by atoms with E-state index in [1.165, 1.54) is 0 Å². The van der Waals surface area contributed by atoms with Crippen molar-refractivity contribution in [3.63, 3.8) is 0 Å². The highest BCUT2D eigenvalue weighted by Gasteiger charge is 2.16. The Morgan fingerprint density at radius 2 is 1.84 bits per heavy atom. The number of rotatable bonds is 7. The molecule has 0 spiro atoms. The standard InChI is InChI=1S/C13H24N4OS/c1-6-8-14-10-15-11(18-9-7-2)17-12(16-10)19-13(3,4)5/h6-9H2,1-5H3,(H,14,15,16,17). The molecule has 1 heterocycles. The van der Waals surface area contributed by atoms with Gasteiger partial charge in [-0.2, -0.15) is 15.0 Å². The van der Waals surface area contributed by atoms with Crippen molar-refractivity contribution >= 4 is 17.7 Å². The summed E-state index contributed by atoms with van der Waals surface area (Å²) >= 11 is 1.61. The maximum absolute atomic E-state index is 5.52. The maximum atomic E-state index is 5.52.